The molecule has 0 aliphatic rings. The number of nitrogens with zero attached hydrogens (tertiary/aromatic N) is 1. The molecule has 0 aliphatic heterocycles. The Bertz CT molecular complexity index is 795. The van der Waals surface area contributed by atoms with Crippen LogP contribution in [0.15, 0.2) is 34.8 Å². The number of hydrogen-bond acceptors (Lipinski definition) is 4. The first-order chi connectivity index (χ1) is 10.8. The van der Waals surface area contributed by atoms with Crippen LogP contribution < -0.4 is 5.73 Å². The second-order valence-electron chi connectivity index (χ2n) is 4.80. The van der Waals surface area contributed by atoms with Crippen LogP contribution in [0.2, 0.25) is 5.02 Å². The lowest BCUT2D eigenvalue weighted by Crippen LogP contribution is -2.10. The summed E-state index contributed by atoms with van der Waals surface area (Å²) in [7, 11) is 0. The molecule has 0 bridgehead atoms. The van der Waals surface area contributed by atoms with E-state index in [9.17, 15) is 20.0 Å². The highest BCUT2D eigenvalue weighted by Gasteiger charge is 2.27. The number of halogens is 2. The lowest BCUT2D eigenvalue weighted by molar-refractivity contribution is -0.384. The summed E-state index contributed by atoms with van der Waals surface area (Å²) in [6.07, 6.45) is 0.501. The van der Waals surface area contributed by atoms with Crippen LogP contribution in [0, 0.1) is 10.1 Å². The predicted molar refractivity (Wildman–Crippen MR) is 91.0 cm³/mol. The standard InChI is InChI=1S/C15H12BrClN2O4/c16-11-7-10(15(20)21)9(14(13(11)18)19(22)23)6-5-8-3-1-2-4-12(8)17/h1-4,7H,5-6,18H2,(H,20,21). The lowest BCUT2D eigenvalue weighted by Gasteiger charge is -2.11. The van der Waals surface area contributed by atoms with Gasteiger partial charge in [-0.05, 0) is 46.5 Å². The first kappa shape index (κ1) is 17.2. The molecule has 2 aromatic carbocycles. The number of anilines is 1. The second kappa shape index (κ2) is 6.97. The molecule has 120 valence electrons. The van der Waals surface area contributed by atoms with Crippen molar-refractivity contribution in [3.05, 3.63) is 66.6 Å². The summed E-state index contributed by atoms with van der Waals surface area (Å²) in [5.74, 6) is -1.25. The van der Waals surface area contributed by atoms with E-state index in [1.165, 1.54) is 6.07 Å². The zero-order valence-electron chi connectivity index (χ0n) is 11.8. The minimum absolute atomic E-state index is 0.0862. The fourth-order valence-corrected chi connectivity index (χ4v) is 2.95. The van der Waals surface area contributed by atoms with E-state index < -0.39 is 10.9 Å². The first-order valence-electron chi connectivity index (χ1n) is 6.54. The number of rotatable bonds is 5. The van der Waals surface area contributed by atoms with Gasteiger partial charge in [0.15, 0.2) is 0 Å². The Kier molecular flexibility index (Phi) is 5.23. The molecule has 3 N–H and O–H groups in total. The third-order valence-corrected chi connectivity index (χ3v) is 4.43. The molecule has 2 aromatic rings. The van der Waals surface area contributed by atoms with Crippen LogP contribution in [0.4, 0.5) is 11.4 Å². The maximum atomic E-state index is 11.4. The van der Waals surface area contributed by atoms with E-state index in [0.29, 0.717) is 11.4 Å². The van der Waals surface area contributed by atoms with Crippen molar-refractivity contribution in [2.24, 2.45) is 0 Å². The molecule has 0 saturated heterocycles. The van der Waals surface area contributed by atoms with Crippen molar-refractivity contribution in [1.29, 1.82) is 0 Å². The van der Waals surface area contributed by atoms with Gasteiger partial charge in [-0.1, -0.05) is 29.8 Å². The smallest absolute Gasteiger partial charge is 0.336 e. The molecule has 0 heterocycles. The molecule has 0 aromatic heterocycles. The molecule has 6 nitrogen and oxygen atoms in total. The van der Waals surface area contributed by atoms with Crippen LogP contribution in [-0.4, -0.2) is 16.0 Å². The summed E-state index contributed by atoms with van der Waals surface area (Å²) >= 11 is 9.13. The molecule has 0 saturated carbocycles. The average molecular weight is 400 g/mol. The monoisotopic (exact) mass is 398 g/mol. The van der Waals surface area contributed by atoms with Gasteiger partial charge in [0.05, 0.1) is 10.5 Å². The van der Waals surface area contributed by atoms with Gasteiger partial charge in [0.2, 0.25) is 0 Å². The van der Waals surface area contributed by atoms with E-state index in [4.69, 9.17) is 17.3 Å². The number of nitro benzene ring substituents is 1. The number of carboxylic acid groups (broad SMARTS) is 1. The quantitative estimate of drug-likeness (QED) is 0.447. The maximum Gasteiger partial charge on any atom is 0.336 e. The van der Waals surface area contributed by atoms with Crippen LogP contribution >= 0.6 is 27.5 Å². The molecule has 0 fully saturated rings. The topological polar surface area (TPSA) is 106 Å². The zero-order valence-corrected chi connectivity index (χ0v) is 14.1. The Morgan fingerprint density at radius 3 is 2.57 bits per heavy atom. The fraction of sp³-hybridized carbons (Fsp3) is 0.133. The number of nitrogens with two attached hydrogens (primary N) is 1. The van der Waals surface area contributed by atoms with Crippen LogP contribution in [0.3, 0.4) is 0 Å². The van der Waals surface area contributed by atoms with Gasteiger partial charge < -0.3 is 10.8 Å². The Balaban J connectivity index is 2.51. The third kappa shape index (κ3) is 3.62. The van der Waals surface area contributed by atoms with Crippen molar-refractivity contribution in [3.63, 3.8) is 0 Å². The van der Waals surface area contributed by atoms with Gasteiger partial charge in [-0.2, -0.15) is 0 Å². The SMILES string of the molecule is Nc1c(Br)cc(C(=O)O)c(CCc2ccccc2Cl)c1[N+](=O)[O-]. The Morgan fingerprint density at radius 1 is 1.35 bits per heavy atom. The predicted octanol–water partition coefficient (Wildman–Crippen LogP) is 4.08. The largest absolute Gasteiger partial charge is 0.478 e. The fourth-order valence-electron chi connectivity index (χ4n) is 2.31. The molecular formula is C15H12BrClN2O4. The molecule has 2 rings (SSSR count). The van der Waals surface area contributed by atoms with E-state index in [0.717, 1.165) is 5.56 Å². The summed E-state index contributed by atoms with van der Waals surface area (Å²) in [5, 5.41) is 21.2. The summed E-state index contributed by atoms with van der Waals surface area (Å²) in [4.78, 5) is 22.1. The molecule has 0 aliphatic carbocycles. The summed E-state index contributed by atoms with van der Waals surface area (Å²) in [6, 6.07) is 8.35. The molecule has 8 heteroatoms. The number of nitrogen functional groups attached to an aromatic ring is 1. The number of nitro groups is 1. The van der Waals surface area contributed by atoms with Crippen molar-refractivity contribution < 1.29 is 14.8 Å². The van der Waals surface area contributed by atoms with Gasteiger partial charge in [0.25, 0.3) is 5.69 Å². The van der Waals surface area contributed by atoms with Gasteiger partial charge in [0, 0.05) is 15.1 Å². The number of aryl methyl sites for hydroxylation is 1. The van der Waals surface area contributed by atoms with Crippen molar-refractivity contribution in [2.75, 3.05) is 5.73 Å². The minimum Gasteiger partial charge on any atom is -0.478 e. The minimum atomic E-state index is -1.25. The third-order valence-electron chi connectivity index (χ3n) is 3.41. The maximum absolute atomic E-state index is 11.4. The van der Waals surface area contributed by atoms with Crippen LogP contribution in [-0.2, 0) is 12.8 Å². The lowest BCUT2D eigenvalue weighted by atomic mass is 9.97. The van der Waals surface area contributed by atoms with Crippen molar-refractivity contribution in [2.45, 2.75) is 12.8 Å². The zero-order chi connectivity index (χ0) is 17.1. The van der Waals surface area contributed by atoms with Crippen LogP contribution in [0.1, 0.15) is 21.5 Å². The van der Waals surface area contributed by atoms with E-state index in [2.05, 4.69) is 15.9 Å². The molecule has 0 unspecified atom stereocenters. The molecule has 0 spiro atoms. The van der Waals surface area contributed by atoms with E-state index in [1.54, 1.807) is 24.3 Å². The van der Waals surface area contributed by atoms with Gasteiger partial charge in [0.1, 0.15) is 5.69 Å². The molecule has 0 amide bonds. The Morgan fingerprint density at radius 2 is 2.00 bits per heavy atom. The Hall–Kier alpha value is -2.12. The average Bonchev–Trinajstić information content (AvgIpc) is 2.48. The van der Waals surface area contributed by atoms with Crippen molar-refractivity contribution >= 4 is 44.9 Å². The Labute approximate surface area is 145 Å². The summed E-state index contributed by atoms with van der Waals surface area (Å²) in [6.45, 7) is 0. The van der Waals surface area contributed by atoms with Gasteiger partial charge in [-0.15, -0.1) is 0 Å². The number of hydrogen-bond donors (Lipinski definition) is 2. The van der Waals surface area contributed by atoms with Crippen LogP contribution in [0.5, 0.6) is 0 Å². The highest BCUT2D eigenvalue weighted by Crippen LogP contribution is 2.36. The number of carbonyl (C=O) groups is 1. The van der Waals surface area contributed by atoms with Crippen molar-refractivity contribution in [1.82, 2.24) is 0 Å². The highest BCUT2D eigenvalue weighted by atomic mass is 79.9. The molecule has 23 heavy (non-hydrogen) atoms. The highest BCUT2D eigenvalue weighted by molar-refractivity contribution is 9.10. The van der Waals surface area contributed by atoms with Gasteiger partial charge in [-0.3, -0.25) is 10.1 Å². The van der Waals surface area contributed by atoms with Crippen LogP contribution in [0.25, 0.3) is 0 Å². The summed E-state index contributed by atoms with van der Waals surface area (Å²) in [5.41, 5.74) is 5.99. The summed E-state index contributed by atoms with van der Waals surface area (Å²) < 4.78 is 0.183. The van der Waals surface area contributed by atoms with Crippen molar-refractivity contribution in [3.8, 4) is 0 Å². The normalized spacial score (nSPS) is 10.5. The molecule has 0 atom stereocenters. The van der Waals surface area contributed by atoms with E-state index in [1.807, 2.05) is 0 Å². The number of carboxylic acids is 1. The molecular weight excluding hydrogens is 388 g/mol. The second-order valence-corrected chi connectivity index (χ2v) is 6.06. The first-order valence-corrected chi connectivity index (χ1v) is 7.72. The molecule has 0 radical (unpaired) electrons. The van der Waals surface area contributed by atoms with Gasteiger partial charge >= 0.3 is 5.97 Å². The number of aromatic carboxylic acids is 1. The van der Waals surface area contributed by atoms with Gasteiger partial charge in [-0.25, -0.2) is 4.79 Å². The van der Waals surface area contributed by atoms with E-state index in [-0.39, 0.29) is 33.4 Å². The number of benzene rings is 2. The van der Waals surface area contributed by atoms with E-state index >= 15 is 0 Å².